The molecular weight excluding hydrogens is 389 g/mol. The second kappa shape index (κ2) is 6.69. The molecule has 0 saturated heterocycles. The van der Waals surface area contributed by atoms with Crippen LogP contribution >= 0.6 is 23.2 Å². The highest BCUT2D eigenvalue weighted by atomic mass is 35.5. The molecule has 0 atom stereocenters. The largest absolute Gasteiger partial charge is 0.473 e. The number of aromatic nitrogens is 1. The zero-order valence-corrected chi connectivity index (χ0v) is 15.8. The summed E-state index contributed by atoms with van der Waals surface area (Å²) in [5.74, 6) is -0.206. The van der Waals surface area contributed by atoms with Crippen LogP contribution in [-0.2, 0) is 10.2 Å². The summed E-state index contributed by atoms with van der Waals surface area (Å²) in [5, 5.41) is 3.73. The van der Waals surface area contributed by atoms with Crippen molar-refractivity contribution in [2.24, 2.45) is 5.73 Å². The van der Waals surface area contributed by atoms with Crippen LogP contribution in [0.3, 0.4) is 0 Å². The predicted octanol–water partition coefficient (Wildman–Crippen LogP) is 3.70. The molecule has 6 nitrogen and oxygen atoms in total. The van der Waals surface area contributed by atoms with Crippen molar-refractivity contribution >= 4 is 40.7 Å². The maximum absolute atomic E-state index is 12.7. The fraction of sp³-hybridized carbons (Fsp3) is 0.316. The molecule has 0 radical (unpaired) electrons. The highest BCUT2D eigenvalue weighted by Gasteiger charge is 2.49. The summed E-state index contributed by atoms with van der Waals surface area (Å²) < 4.78 is 5.92. The van der Waals surface area contributed by atoms with Gasteiger partial charge in [-0.3, -0.25) is 9.59 Å². The van der Waals surface area contributed by atoms with Gasteiger partial charge in [0.25, 0.3) is 0 Å². The standard InChI is InChI=1S/C19H17Cl2N3O3/c20-11-8-14(21)17(23-9-11)27-12-3-5-19(6-4-12)13-7-10(16(22)25)1-2-15(13)24-18(19)26/h1-2,7-9,12H,3-6H2,(H2,22,25)(H,24,26). The number of benzene rings is 1. The number of carbonyl (C=O) groups is 2. The minimum atomic E-state index is -0.655. The Balaban J connectivity index is 1.54. The van der Waals surface area contributed by atoms with Gasteiger partial charge < -0.3 is 15.8 Å². The number of nitrogens with zero attached hydrogens (tertiary/aromatic N) is 1. The first kappa shape index (κ1) is 18.1. The second-order valence-corrected chi connectivity index (χ2v) is 7.76. The van der Waals surface area contributed by atoms with E-state index in [9.17, 15) is 9.59 Å². The molecule has 1 saturated carbocycles. The highest BCUT2D eigenvalue weighted by Crippen LogP contribution is 2.48. The van der Waals surface area contributed by atoms with Gasteiger partial charge in [0, 0.05) is 17.4 Å². The molecule has 2 aromatic rings. The molecule has 1 aliphatic carbocycles. The number of hydrogen-bond acceptors (Lipinski definition) is 4. The predicted molar refractivity (Wildman–Crippen MR) is 102 cm³/mol. The zero-order valence-electron chi connectivity index (χ0n) is 14.3. The molecule has 1 fully saturated rings. The van der Waals surface area contributed by atoms with Crippen molar-refractivity contribution in [3.63, 3.8) is 0 Å². The monoisotopic (exact) mass is 405 g/mol. The van der Waals surface area contributed by atoms with Crippen LogP contribution in [-0.4, -0.2) is 22.9 Å². The summed E-state index contributed by atoms with van der Waals surface area (Å²) in [6, 6.07) is 6.68. The van der Waals surface area contributed by atoms with Crippen LogP contribution in [0.4, 0.5) is 5.69 Å². The van der Waals surface area contributed by atoms with Gasteiger partial charge in [0.1, 0.15) is 11.1 Å². The first-order chi connectivity index (χ1) is 12.9. The van der Waals surface area contributed by atoms with E-state index in [1.165, 1.54) is 6.20 Å². The normalized spacial score (nSPS) is 23.8. The third kappa shape index (κ3) is 3.13. The Morgan fingerprint density at radius 3 is 2.67 bits per heavy atom. The molecule has 2 amide bonds. The summed E-state index contributed by atoms with van der Waals surface area (Å²) in [7, 11) is 0. The fourth-order valence-electron chi connectivity index (χ4n) is 3.91. The molecule has 8 heteroatoms. The lowest BCUT2D eigenvalue weighted by atomic mass is 9.69. The molecule has 1 spiro atoms. The van der Waals surface area contributed by atoms with Gasteiger partial charge in [0.2, 0.25) is 17.7 Å². The van der Waals surface area contributed by atoms with Crippen LogP contribution in [0.15, 0.2) is 30.5 Å². The highest BCUT2D eigenvalue weighted by molar-refractivity contribution is 6.35. The third-order valence-corrected chi connectivity index (χ3v) is 5.82. The summed E-state index contributed by atoms with van der Waals surface area (Å²) in [4.78, 5) is 28.4. The lowest BCUT2D eigenvalue weighted by molar-refractivity contribution is -0.122. The van der Waals surface area contributed by atoms with Crippen molar-refractivity contribution in [1.29, 1.82) is 0 Å². The number of anilines is 1. The van der Waals surface area contributed by atoms with Crippen LogP contribution < -0.4 is 15.8 Å². The quantitative estimate of drug-likeness (QED) is 0.813. The van der Waals surface area contributed by atoms with Crippen molar-refractivity contribution < 1.29 is 14.3 Å². The first-order valence-corrected chi connectivity index (χ1v) is 9.38. The Bertz CT molecular complexity index is 940. The van der Waals surface area contributed by atoms with E-state index in [4.69, 9.17) is 33.7 Å². The number of nitrogens with one attached hydrogen (secondary N) is 1. The van der Waals surface area contributed by atoms with Crippen LogP contribution in [0.25, 0.3) is 0 Å². The second-order valence-electron chi connectivity index (χ2n) is 6.92. The smallest absolute Gasteiger partial charge is 0.248 e. The number of amides is 2. The van der Waals surface area contributed by atoms with E-state index in [1.54, 1.807) is 24.3 Å². The number of carbonyl (C=O) groups excluding carboxylic acids is 2. The van der Waals surface area contributed by atoms with Crippen molar-refractivity contribution in [1.82, 2.24) is 4.98 Å². The minimum absolute atomic E-state index is 0.0415. The molecule has 27 heavy (non-hydrogen) atoms. The average Bonchev–Trinajstić information content (AvgIpc) is 2.90. The molecule has 2 heterocycles. The number of primary amides is 1. The Hall–Kier alpha value is -2.31. The average molecular weight is 406 g/mol. The summed E-state index contributed by atoms with van der Waals surface area (Å²) in [6.45, 7) is 0. The van der Waals surface area contributed by atoms with Crippen molar-refractivity contribution in [3.05, 3.63) is 51.6 Å². The van der Waals surface area contributed by atoms with Crippen LogP contribution in [0.1, 0.15) is 41.6 Å². The number of rotatable bonds is 3. The summed E-state index contributed by atoms with van der Waals surface area (Å²) in [6.07, 6.45) is 3.91. The Morgan fingerprint density at radius 1 is 1.26 bits per heavy atom. The number of fused-ring (bicyclic) bond motifs is 2. The van der Waals surface area contributed by atoms with Gasteiger partial charge >= 0.3 is 0 Å². The number of hydrogen-bond donors (Lipinski definition) is 2. The third-order valence-electron chi connectivity index (χ3n) is 5.34. The van der Waals surface area contributed by atoms with E-state index in [0.717, 1.165) is 11.3 Å². The number of ether oxygens (including phenoxy) is 1. The van der Waals surface area contributed by atoms with Crippen molar-refractivity contribution in [2.45, 2.75) is 37.2 Å². The van der Waals surface area contributed by atoms with Crippen LogP contribution in [0, 0.1) is 0 Å². The maximum Gasteiger partial charge on any atom is 0.248 e. The lowest BCUT2D eigenvalue weighted by Gasteiger charge is -2.35. The van der Waals surface area contributed by atoms with Gasteiger partial charge in [-0.05, 0) is 55.5 Å². The molecule has 3 N–H and O–H groups in total. The lowest BCUT2D eigenvalue weighted by Crippen LogP contribution is -2.41. The zero-order chi connectivity index (χ0) is 19.2. The SMILES string of the molecule is NC(=O)c1ccc2c(c1)C1(CCC(Oc3ncc(Cl)cc3Cl)CC1)C(=O)N2. The molecular formula is C19H17Cl2N3O3. The molecule has 140 valence electrons. The van der Waals surface area contributed by atoms with E-state index in [1.807, 2.05) is 0 Å². The fourth-order valence-corrected chi connectivity index (χ4v) is 4.34. The minimum Gasteiger partial charge on any atom is -0.473 e. The number of nitrogens with two attached hydrogens (primary N) is 1. The summed E-state index contributed by atoms with van der Waals surface area (Å²) >= 11 is 12.0. The Kier molecular flexibility index (Phi) is 4.48. The number of pyridine rings is 1. The van der Waals surface area contributed by atoms with E-state index in [-0.39, 0.29) is 12.0 Å². The van der Waals surface area contributed by atoms with Gasteiger partial charge in [-0.1, -0.05) is 23.2 Å². The van der Waals surface area contributed by atoms with E-state index >= 15 is 0 Å². The molecule has 2 aliphatic rings. The number of halogens is 2. The van der Waals surface area contributed by atoms with E-state index < -0.39 is 11.3 Å². The van der Waals surface area contributed by atoms with Gasteiger partial charge in [-0.25, -0.2) is 4.98 Å². The van der Waals surface area contributed by atoms with Gasteiger partial charge in [0.05, 0.1) is 10.4 Å². The molecule has 1 aromatic carbocycles. The summed E-state index contributed by atoms with van der Waals surface area (Å²) in [5.41, 5.74) is 6.73. The Labute approximate surface area is 166 Å². The molecule has 1 aromatic heterocycles. The Morgan fingerprint density at radius 2 is 2.00 bits per heavy atom. The van der Waals surface area contributed by atoms with Crippen LogP contribution in [0.5, 0.6) is 5.88 Å². The molecule has 0 unspecified atom stereocenters. The van der Waals surface area contributed by atoms with Crippen molar-refractivity contribution in [3.8, 4) is 5.88 Å². The van der Waals surface area contributed by atoms with Crippen molar-refractivity contribution in [2.75, 3.05) is 5.32 Å². The first-order valence-electron chi connectivity index (χ1n) is 8.62. The maximum atomic E-state index is 12.7. The molecule has 4 rings (SSSR count). The molecule has 1 aliphatic heterocycles. The van der Waals surface area contributed by atoms with Gasteiger partial charge in [0.15, 0.2) is 0 Å². The van der Waals surface area contributed by atoms with Crippen LogP contribution in [0.2, 0.25) is 10.0 Å². The van der Waals surface area contributed by atoms with Gasteiger partial charge in [-0.2, -0.15) is 0 Å². The van der Waals surface area contributed by atoms with E-state index in [0.29, 0.717) is 47.2 Å². The van der Waals surface area contributed by atoms with Gasteiger partial charge in [-0.15, -0.1) is 0 Å². The molecule has 0 bridgehead atoms. The van der Waals surface area contributed by atoms with E-state index in [2.05, 4.69) is 10.3 Å². The topological polar surface area (TPSA) is 94.3 Å².